The van der Waals surface area contributed by atoms with E-state index in [2.05, 4.69) is 10.3 Å². The van der Waals surface area contributed by atoms with Gasteiger partial charge in [-0.3, -0.25) is 9.78 Å². The molecule has 142 valence electrons. The fourth-order valence-corrected chi connectivity index (χ4v) is 4.57. The van der Waals surface area contributed by atoms with Crippen molar-refractivity contribution in [3.63, 3.8) is 0 Å². The molecule has 4 rings (SSSR count). The Morgan fingerprint density at radius 1 is 0.964 bits per heavy atom. The highest BCUT2D eigenvalue weighted by atomic mass is 32.2. The molecular formula is C22H20N2O3S. The normalized spacial score (nSPS) is 18.4. The van der Waals surface area contributed by atoms with Crippen molar-refractivity contribution in [1.82, 2.24) is 10.3 Å². The van der Waals surface area contributed by atoms with Crippen molar-refractivity contribution in [3.8, 4) is 0 Å². The second-order valence-corrected chi connectivity index (χ2v) is 8.86. The van der Waals surface area contributed by atoms with Gasteiger partial charge in [0.1, 0.15) is 0 Å². The number of carbonyl (C=O) groups excluding carboxylic acids is 1. The first-order valence-electron chi connectivity index (χ1n) is 9.12. The summed E-state index contributed by atoms with van der Waals surface area (Å²) < 4.78 is 25.2. The Morgan fingerprint density at radius 2 is 1.68 bits per heavy atom. The first kappa shape index (κ1) is 18.4. The fourth-order valence-electron chi connectivity index (χ4n) is 3.29. The molecule has 1 aliphatic carbocycles. The van der Waals surface area contributed by atoms with Crippen LogP contribution in [-0.2, 0) is 21.2 Å². The second-order valence-electron chi connectivity index (χ2n) is 6.91. The van der Waals surface area contributed by atoms with Crippen LogP contribution in [0, 0.1) is 5.92 Å². The van der Waals surface area contributed by atoms with Crippen LogP contribution in [0.3, 0.4) is 0 Å². The minimum Gasteiger partial charge on any atom is -0.352 e. The molecule has 1 amide bonds. The van der Waals surface area contributed by atoms with Crippen molar-refractivity contribution in [1.29, 1.82) is 0 Å². The van der Waals surface area contributed by atoms with Gasteiger partial charge in [-0.1, -0.05) is 36.4 Å². The number of pyridine rings is 1. The highest BCUT2D eigenvalue weighted by molar-refractivity contribution is 7.91. The number of nitrogens with zero attached hydrogens (tertiary/aromatic N) is 1. The van der Waals surface area contributed by atoms with Crippen molar-refractivity contribution in [2.75, 3.05) is 0 Å². The zero-order valence-corrected chi connectivity index (χ0v) is 16.0. The van der Waals surface area contributed by atoms with E-state index in [-0.39, 0.29) is 27.5 Å². The second kappa shape index (κ2) is 7.56. The lowest BCUT2D eigenvalue weighted by Crippen LogP contribution is -2.24. The van der Waals surface area contributed by atoms with Crippen molar-refractivity contribution in [2.24, 2.45) is 5.92 Å². The van der Waals surface area contributed by atoms with E-state index in [0.717, 1.165) is 17.5 Å². The van der Waals surface area contributed by atoms with Gasteiger partial charge in [-0.2, -0.15) is 0 Å². The monoisotopic (exact) mass is 392 g/mol. The Hall–Kier alpha value is -2.99. The molecule has 1 aromatic heterocycles. The lowest BCUT2D eigenvalue weighted by atomic mass is 10.1. The predicted octanol–water partition coefficient (Wildman–Crippen LogP) is 3.33. The van der Waals surface area contributed by atoms with Crippen molar-refractivity contribution in [2.45, 2.75) is 28.7 Å². The molecular weight excluding hydrogens is 372 g/mol. The molecule has 5 nitrogen and oxygen atoms in total. The molecule has 6 heteroatoms. The van der Waals surface area contributed by atoms with Crippen LogP contribution in [0.4, 0.5) is 0 Å². The molecule has 0 aliphatic heterocycles. The van der Waals surface area contributed by atoms with E-state index < -0.39 is 9.84 Å². The quantitative estimate of drug-likeness (QED) is 0.698. The molecule has 0 radical (unpaired) electrons. The number of benzene rings is 2. The smallest absolute Gasteiger partial charge is 0.224 e. The maximum absolute atomic E-state index is 12.6. The average molecular weight is 392 g/mol. The number of rotatable bonds is 6. The molecule has 3 aromatic rings. The molecule has 2 aromatic carbocycles. The lowest BCUT2D eigenvalue weighted by molar-refractivity contribution is -0.122. The van der Waals surface area contributed by atoms with Gasteiger partial charge in [0.25, 0.3) is 0 Å². The Bertz CT molecular complexity index is 1070. The summed E-state index contributed by atoms with van der Waals surface area (Å²) in [6, 6.07) is 18.9. The molecule has 0 spiro atoms. The summed E-state index contributed by atoms with van der Waals surface area (Å²) in [5.74, 6) is 0.254. The van der Waals surface area contributed by atoms with Crippen LogP contribution in [0.5, 0.6) is 0 Å². The third-order valence-corrected chi connectivity index (χ3v) is 6.78. The van der Waals surface area contributed by atoms with E-state index in [1.54, 1.807) is 60.8 Å². The molecule has 1 fully saturated rings. The largest absolute Gasteiger partial charge is 0.352 e. The fraction of sp³-hybridized carbons (Fsp3) is 0.182. The highest BCUT2D eigenvalue weighted by Gasteiger charge is 2.43. The van der Waals surface area contributed by atoms with Gasteiger partial charge < -0.3 is 5.32 Å². The Morgan fingerprint density at radius 3 is 2.36 bits per heavy atom. The summed E-state index contributed by atoms with van der Waals surface area (Å²) in [6.45, 7) is 0.376. The maximum Gasteiger partial charge on any atom is 0.224 e. The van der Waals surface area contributed by atoms with Gasteiger partial charge in [-0.05, 0) is 53.8 Å². The van der Waals surface area contributed by atoms with E-state index >= 15 is 0 Å². The number of aromatic nitrogens is 1. The first-order chi connectivity index (χ1) is 13.6. The molecule has 0 saturated heterocycles. The van der Waals surface area contributed by atoms with E-state index in [4.69, 9.17) is 0 Å². The van der Waals surface area contributed by atoms with Gasteiger partial charge >= 0.3 is 0 Å². The van der Waals surface area contributed by atoms with Gasteiger partial charge in [0.15, 0.2) is 0 Å². The van der Waals surface area contributed by atoms with Gasteiger partial charge in [0, 0.05) is 24.9 Å². The van der Waals surface area contributed by atoms with Crippen LogP contribution in [0.25, 0.3) is 0 Å². The minimum atomic E-state index is -3.52. The van der Waals surface area contributed by atoms with E-state index in [9.17, 15) is 13.2 Å². The van der Waals surface area contributed by atoms with Gasteiger partial charge in [0.05, 0.1) is 9.79 Å². The molecule has 0 unspecified atom stereocenters. The van der Waals surface area contributed by atoms with Crippen molar-refractivity contribution >= 4 is 15.7 Å². The Kier molecular flexibility index (Phi) is 4.96. The van der Waals surface area contributed by atoms with Crippen LogP contribution in [-0.4, -0.2) is 19.3 Å². The molecule has 1 N–H and O–H groups in total. The van der Waals surface area contributed by atoms with E-state index in [1.165, 1.54) is 0 Å². The van der Waals surface area contributed by atoms with Gasteiger partial charge in [0.2, 0.25) is 15.7 Å². The SMILES string of the molecule is O=C(NCc1ccc(S(=O)(=O)c2ccccc2)cc1)[C@@H]1C[C@H]1c1cccnc1. The van der Waals surface area contributed by atoms with Crippen molar-refractivity contribution < 1.29 is 13.2 Å². The summed E-state index contributed by atoms with van der Waals surface area (Å²) >= 11 is 0. The number of carbonyl (C=O) groups is 1. The standard InChI is InChI=1S/C22H20N2O3S/c25-22(21-13-20(21)17-5-4-12-23-15-17)24-14-16-8-10-19(11-9-16)28(26,27)18-6-2-1-3-7-18/h1-12,15,20-21H,13-14H2,(H,24,25)/t20-,21+/m0/s1. The molecule has 28 heavy (non-hydrogen) atoms. The topological polar surface area (TPSA) is 76.1 Å². The predicted molar refractivity (Wildman–Crippen MR) is 105 cm³/mol. The summed E-state index contributed by atoms with van der Waals surface area (Å²) in [6.07, 6.45) is 4.37. The third-order valence-electron chi connectivity index (χ3n) is 4.99. The summed E-state index contributed by atoms with van der Waals surface area (Å²) in [5.41, 5.74) is 1.96. The van der Waals surface area contributed by atoms with Crippen molar-refractivity contribution in [3.05, 3.63) is 90.3 Å². The zero-order valence-electron chi connectivity index (χ0n) is 15.2. The Labute approximate surface area is 164 Å². The molecule has 1 saturated carbocycles. The van der Waals surface area contributed by atoms with Gasteiger partial charge in [-0.15, -0.1) is 0 Å². The number of nitrogens with one attached hydrogen (secondary N) is 1. The highest BCUT2D eigenvalue weighted by Crippen LogP contribution is 2.47. The molecule has 2 atom stereocenters. The lowest BCUT2D eigenvalue weighted by Gasteiger charge is -2.08. The Balaban J connectivity index is 1.36. The number of amides is 1. The zero-order chi connectivity index (χ0) is 19.6. The third kappa shape index (κ3) is 3.82. The van der Waals surface area contributed by atoms with Crippen LogP contribution < -0.4 is 5.32 Å². The number of sulfone groups is 1. The van der Waals surface area contributed by atoms with Crippen LogP contribution in [0.15, 0.2) is 88.9 Å². The summed E-state index contributed by atoms with van der Waals surface area (Å²) in [5, 5.41) is 2.94. The van der Waals surface area contributed by atoms with Crippen LogP contribution >= 0.6 is 0 Å². The number of hydrogen-bond acceptors (Lipinski definition) is 4. The maximum atomic E-state index is 12.6. The van der Waals surface area contributed by atoms with E-state index in [0.29, 0.717) is 6.54 Å². The van der Waals surface area contributed by atoms with Gasteiger partial charge in [-0.25, -0.2) is 8.42 Å². The molecule has 1 aliphatic rings. The molecule has 1 heterocycles. The summed E-state index contributed by atoms with van der Waals surface area (Å²) in [4.78, 5) is 17.0. The van der Waals surface area contributed by atoms with Crippen LogP contribution in [0.2, 0.25) is 0 Å². The number of hydrogen-bond donors (Lipinski definition) is 1. The average Bonchev–Trinajstić information content (AvgIpc) is 3.55. The molecule has 0 bridgehead atoms. The van der Waals surface area contributed by atoms with Crippen LogP contribution in [0.1, 0.15) is 23.5 Å². The minimum absolute atomic E-state index is 0.0121. The van der Waals surface area contributed by atoms with E-state index in [1.807, 2.05) is 18.3 Å². The summed E-state index contributed by atoms with van der Waals surface area (Å²) in [7, 11) is -3.52. The first-order valence-corrected chi connectivity index (χ1v) is 10.6.